The number of benzene rings is 1. The molecule has 1 heterocycles. The van der Waals surface area contributed by atoms with Crippen LogP contribution in [0.1, 0.15) is 51.0 Å². The first-order valence-corrected chi connectivity index (χ1v) is 10.3. The maximum absolute atomic E-state index is 5.99. The number of ether oxygens (including phenoxy) is 1. The second-order valence-electron chi connectivity index (χ2n) is 7.10. The number of aromatic nitrogens is 1. The monoisotopic (exact) mass is 368 g/mol. The van der Waals surface area contributed by atoms with Crippen molar-refractivity contribution in [1.29, 1.82) is 0 Å². The van der Waals surface area contributed by atoms with Crippen molar-refractivity contribution >= 4 is 16.9 Å². The Kier molecular flexibility index (Phi) is 7.90. The highest BCUT2D eigenvalue weighted by Crippen LogP contribution is 2.20. The minimum Gasteiger partial charge on any atom is -0.378 e. The Morgan fingerprint density at radius 1 is 1.15 bits per heavy atom. The van der Waals surface area contributed by atoms with E-state index in [1.54, 1.807) is 0 Å². The van der Waals surface area contributed by atoms with Crippen LogP contribution < -0.4 is 10.6 Å². The molecule has 5 heteroatoms. The summed E-state index contributed by atoms with van der Waals surface area (Å²) >= 11 is 0. The van der Waals surface area contributed by atoms with Gasteiger partial charge in [-0.25, -0.2) is 4.99 Å². The van der Waals surface area contributed by atoms with E-state index in [9.17, 15) is 0 Å². The number of hydrogen-bond acceptors (Lipinski definition) is 3. The predicted molar refractivity (Wildman–Crippen MR) is 112 cm³/mol. The van der Waals surface area contributed by atoms with Crippen LogP contribution in [0.3, 0.4) is 0 Å². The minimum atomic E-state index is 0.486. The number of hydrogen-bond donors (Lipinski definition) is 2. The summed E-state index contributed by atoms with van der Waals surface area (Å²) in [7, 11) is 0. The van der Waals surface area contributed by atoms with E-state index in [0.717, 1.165) is 48.5 Å². The quantitative estimate of drug-likeness (QED) is 0.420. The van der Waals surface area contributed by atoms with Crippen molar-refractivity contribution in [3.8, 4) is 0 Å². The molecule has 0 bridgehead atoms. The van der Waals surface area contributed by atoms with E-state index in [0.29, 0.717) is 12.6 Å². The van der Waals surface area contributed by atoms with Crippen molar-refractivity contribution in [3.63, 3.8) is 0 Å². The Balaban J connectivity index is 1.47. The lowest BCUT2D eigenvalue weighted by Gasteiger charge is -2.22. The zero-order valence-electron chi connectivity index (χ0n) is 16.4. The molecule has 1 saturated carbocycles. The van der Waals surface area contributed by atoms with Gasteiger partial charge in [-0.15, -0.1) is 0 Å². The third-order valence-electron chi connectivity index (χ3n) is 4.99. The smallest absolute Gasteiger partial charge is 0.191 e. The van der Waals surface area contributed by atoms with Crippen molar-refractivity contribution < 1.29 is 4.74 Å². The Morgan fingerprint density at radius 3 is 2.85 bits per heavy atom. The summed E-state index contributed by atoms with van der Waals surface area (Å²) in [6, 6.07) is 10.3. The first-order chi connectivity index (χ1) is 13.4. The van der Waals surface area contributed by atoms with Crippen molar-refractivity contribution in [3.05, 3.63) is 42.1 Å². The van der Waals surface area contributed by atoms with E-state index in [1.165, 1.54) is 32.1 Å². The average Bonchev–Trinajstić information content (AvgIpc) is 2.72. The molecule has 3 rings (SSSR count). The molecule has 1 aliphatic carbocycles. The molecule has 2 N–H and O–H groups in total. The van der Waals surface area contributed by atoms with Crippen LogP contribution >= 0.6 is 0 Å². The van der Waals surface area contributed by atoms with Crippen LogP contribution in [0.2, 0.25) is 0 Å². The lowest BCUT2D eigenvalue weighted by molar-refractivity contribution is 0.0277. The van der Waals surface area contributed by atoms with E-state index < -0.39 is 0 Å². The Hall–Kier alpha value is -2.14. The molecule has 27 heavy (non-hydrogen) atoms. The van der Waals surface area contributed by atoms with E-state index in [1.807, 2.05) is 12.3 Å². The van der Waals surface area contributed by atoms with Crippen LogP contribution in [-0.4, -0.2) is 36.7 Å². The third kappa shape index (κ3) is 6.21. The van der Waals surface area contributed by atoms with Crippen LogP contribution in [-0.2, 0) is 11.3 Å². The second-order valence-corrected chi connectivity index (χ2v) is 7.10. The molecule has 0 amide bonds. The van der Waals surface area contributed by atoms with E-state index in [4.69, 9.17) is 9.73 Å². The van der Waals surface area contributed by atoms with Gasteiger partial charge in [-0.2, -0.15) is 0 Å². The van der Waals surface area contributed by atoms with Gasteiger partial charge in [0.15, 0.2) is 5.96 Å². The summed E-state index contributed by atoms with van der Waals surface area (Å²) in [4.78, 5) is 9.24. The molecule has 1 aliphatic rings. The number of rotatable bonds is 8. The van der Waals surface area contributed by atoms with Crippen molar-refractivity contribution in [2.45, 2.75) is 58.1 Å². The van der Waals surface area contributed by atoms with Crippen molar-refractivity contribution in [2.75, 3.05) is 19.7 Å². The highest BCUT2D eigenvalue weighted by molar-refractivity contribution is 5.83. The molecule has 1 aromatic carbocycles. The Bertz CT molecular complexity index is 720. The lowest BCUT2D eigenvalue weighted by atomic mass is 9.98. The maximum Gasteiger partial charge on any atom is 0.191 e. The van der Waals surface area contributed by atoms with Crippen LogP contribution in [0.25, 0.3) is 10.9 Å². The average molecular weight is 369 g/mol. The molecule has 0 aliphatic heterocycles. The molecule has 0 saturated heterocycles. The van der Waals surface area contributed by atoms with Crippen molar-refractivity contribution in [2.24, 2.45) is 4.99 Å². The van der Waals surface area contributed by atoms with Crippen LogP contribution in [0, 0.1) is 0 Å². The SMILES string of the molecule is CCNC(=NCc1cccc2cccnc12)NCCCOC1CCCCC1. The summed E-state index contributed by atoms with van der Waals surface area (Å²) < 4.78 is 5.99. The fraction of sp³-hybridized carbons (Fsp3) is 0.545. The zero-order valence-corrected chi connectivity index (χ0v) is 16.4. The molecule has 0 spiro atoms. The molecule has 2 aromatic rings. The largest absolute Gasteiger partial charge is 0.378 e. The van der Waals surface area contributed by atoms with Gasteiger partial charge in [0.2, 0.25) is 0 Å². The number of aliphatic imine (C=N–C) groups is 1. The summed E-state index contributed by atoms with van der Waals surface area (Å²) in [6.45, 7) is 5.24. The van der Waals surface area contributed by atoms with Gasteiger partial charge in [-0.05, 0) is 37.8 Å². The number of nitrogens with one attached hydrogen (secondary N) is 2. The minimum absolute atomic E-state index is 0.486. The molecule has 146 valence electrons. The van der Waals surface area contributed by atoms with E-state index >= 15 is 0 Å². The van der Waals surface area contributed by atoms with Crippen molar-refractivity contribution in [1.82, 2.24) is 15.6 Å². The highest BCUT2D eigenvalue weighted by Gasteiger charge is 2.13. The topological polar surface area (TPSA) is 58.5 Å². The van der Waals surface area contributed by atoms with Crippen LogP contribution in [0.5, 0.6) is 0 Å². The molecule has 0 unspecified atom stereocenters. The first kappa shape index (κ1) is 19.6. The number of guanidine groups is 1. The van der Waals surface area contributed by atoms with Crippen LogP contribution in [0.15, 0.2) is 41.5 Å². The first-order valence-electron chi connectivity index (χ1n) is 10.3. The van der Waals surface area contributed by atoms with Gasteiger partial charge in [0.1, 0.15) is 0 Å². The standard InChI is InChI=1S/C22H32N4O/c1-2-23-22(25-15-8-16-27-20-12-4-3-5-13-20)26-17-19-10-6-9-18-11-7-14-24-21(18)19/h6-7,9-11,14,20H,2-5,8,12-13,15-17H2,1H3,(H2,23,25,26). The predicted octanol–water partition coefficient (Wildman–Crippen LogP) is 4.03. The molecular weight excluding hydrogens is 336 g/mol. The summed E-state index contributed by atoms with van der Waals surface area (Å²) in [5.41, 5.74) is 2.17. The van der Waals surface area contributed by atoms with Gasteiger partial charge in [-0.1, -0.05) is 43.5 Å². The molecule has 0 atom stereocenters. The lowest BCUT2D eigenvalue weighted by Crippen LogP contribution is -2.38. The van der Waals surface area contributed by atoms with Gasteiger partial charge in [-0.3, -0.25) is 4.98 Å². The van der Waals surface area contributed by atoms with Gasteiger partial charge >= 0.3 is 0 Å². The van der Waals surface area contributed by atoms with Gasteiger partial charge in [0, 0.05) is 31.3 Å². The molecule has 1 fully saturated rings. The fourth-order valence-corrected chi connectivity index (χ4v) is 3.56. The van der Waals surface area contributed by atoms with E-state index in [-0.39, 0.29) is 0 Å². The Morgan fingerprint density at radius 2 is 2.00 bits per heavy atom. The zero-order chi connectivity index (χ0) is 18.7. The van der Waals surface area contributed by atoms with Gasteiger partial charge < -0.3 is 15.4 Å². The number of pyridine rings is 1. The van der Waals surface area contributed by atoms with E-state index in [2.05, 4.69) is 46.8 Å². The number of nitrogens with zero attached hydrogens (tertiary/aromatic N) is 2. The van der Waals surface area contributed by atoms with Gasteiger partial charge in [0.05, 0.1) is 18.2 Å². The second kappa shape index (κ2) is 10.9. The number of para-hydroxylation sites is 1. The summed E-state index contributed by atoms with van der Waals surface area (Å²) in [5.74, 6) is 0.850. The fourth-order valence-electron chi connectivity index (χ4n) is 3.56. The molecule has 5 nitrogen and oxygen atoms in total. The number of fused-ring (bicyclic) bond motifs is 1. The molecular formula is C22H32N4O. The molecule has 1 aromatic heterocycles. The normalized spacial score (nSPS) is 15.8. The third-order valence-corrected chi connectivity index (χ3v) is 4.99. The molecule has 0 radical (unpaired) electrons. The van der Waals surface area contributed by atoms with Gasteiger partial charge in [0.25, 0.3) is 0 Å². The highest BCUT2D eigenvalue weighted by atomic mass is 16.5. The maximum atomic E-state index is 5.99. The summed E-state index contributed by atoms with van der Waals surface area (Å²) in [6.07, 6.45) is 9.80. The Labute approximate surface area is 162 Å². The van der Waals surface area contributed by atoms with Crippen LogP contribution in [0.4, 0.5) is 0 Å². The summed E-state index contributed by atoms with van der Waals surface area (Å²) in [5, 5.41) is 7.89.